The van der Waals surface area contributed by atoms with Crippen molar-refractivity contribution in [1.82, 2.24) is 10.2 Å². The molecular formula is C26H21FN4O. The number of hydrogen-bond acceptors (Lipinski definition) is 5. The van der Waals surface area contributed by atoms with Gasteiger partial charge in [0.2, 0.25) is 0 Å². The Bertz CT molecular complexity index is 1220. The molecule has 2 heterocycles. The van der Waals surface area contributed by atoms with E-state index in [0.29, 0.717) is 12.2 Å². The summed E-state index contributed by atoms with van der Waals surface area (Å²) in [5.74, 6) is 1.17. The van der Waals surface area contributed by atoms with Crippen LogP contribution >= 0.6 is 0 Å². The van der Waals surface area contributed by atoms with Gasteiger partial charge in [-0.15, -0.1) is 10.2 Å². The average Bonchev–Trinajstić information content (AvgIpc) is 3.31. The van der Waals surface area contributed by atoms with E-state index in [1.165, 1.54) is 12.1 Å². The highest BCUT2D eigenvalue weighted by Crippen LogP contribution is 2.36. The van der Waals surface area contributed by atoms with Crippen LogP contribution in [0.2, 0.25) is 0 Å². The van der Waals surface area contributed by atoms with Crippen molar-refractivity contribution in [2.24, 2.45) is 5.10 Å². The molecule has 0 aliphatic carbocycles. The van der Waals surface area contributed by atoms with Crippen molar-refractivity contribution in [2.75, 3.05) is 12.1 Å². The molecule has 1 aliphatic heterocycles. The maximum absolute atomic E-state index is 13.5. The third-order valence-electron chi connectivity index (χ3n) is 5.54. The molecule has 0 radical (unpaired) electrons. The fraction of sp³-hybridized carbons (Fsp3) is 0.115. The van der Waals surface area contributed by atoms with Crippen LogP contribution in [0.4, 0.5) is 10.2 Å². The summed E-state index contributed by atoms with van der Waals surface area (Å²) in [6.07, 6.45) is 0.667. The van der Waals surface area contributed by atoms with E-state index in [-0.39, 0.29) is 11.9 Å². The van der Waals surface area contributed by atoms with Gasteiger partial charge in [0.15, 0.2) is 5.82 Å². The van der Waals surface area contributed by atoms with Gasteiger partial charge in [-0.3, -0.25) is 0 Å². The fourth-order valence-corrected chi connectivity index (χ4v) is 3.83. The van der Waals surface area contributed by atoms with Crippen molar-refractivity contribution in [3.05, 3.63) is 108 Å². The van der Waals surface area contributed by atoms with Crippen LogP contribution in [-0.2, 0) is 0 Å². The zero-order chi connectivity index (χ0) is 21.9. The lowest BCUT2D eigenvalue weighted by molar-refractivity contribution is 0.415. The quantitative estimate of drug-likeness (QED) is 0.416. The molecule has 5 rings (SSSR count). The summed E-state index contributed by atoms with van der Waals surface area (Å²) < 4.78 is 18.8. The molecule has 32 heavy (non-hydrogen) atoms. The minimum Gasteiger partial charge on any atom is -0.497 e. The first-order chi connectivity index (χ1) is 15.7. The number of benzene rings is 3. The first-order valence-electron chi connectivity index (χ1n) is 10.4. The minimum atomic E-state index is -0.262. The van der Waals surface area contributed by atoms with E-state index < -0.39 is 0 Å². The molecule has 5 nitrogen and oxygen atoms in total. The summed E-state index contributed by atoms with van der Waals surface area (Å²) in [4.78, 5) is 0. The molecule has 4 aromatic rings. The summed E-state index contributed by atoms with van der Waals surface area (Å²) >= 11 is 0. The van der Waals surface area contributed by atoms with Crippen LogP contribution in [0.1, 0.15) is 23.6 Å². The van der Waals surface area contributed by atoms with Gasteiger partial charge in [-0.1, -0.05) is 42.5 Å². The molecule has 3 aromatic carbocycles. The van der Waals surface area contributed by atoms with E-state index in [4.69, 9.17) is 9.84 Å². The Labute approximate surface area is 185 Å². The smallest absolute Gasteiger partial charge is 0.172 e. The predicted octanol–water partition coefficient (Wildman–Crippen LogP) is 5.65. The van der Waals surface area contributed by atoms with Crippen LogP contribution in [-0.4, -0.2) is 23.0 Å². The molecule has 158 valence electrons. The molecule has 1 unspecified atom stereocenters. The number of rotatable bonds is 5. The summed E-state index contributed by atoms with van der Waals surface area (Å²) in [6.45, 7) is 0. The number of halogens is 1. The van der Waals surface area contributed by atoms with Crippen molar-refractivity contribution in [3.8, 4) is 17.0 Å². The first-order valence-corrected chi connectivity index (χ1v) is 10.4. The second-order valence-corrected chi connectivity index (χ2v) is 7.53. The van der Waals surface area contributed by atoms with E-state index in [1.807, 2.05) is 71.7 Å². The molecule has 0 saturated carbocycles. The SMILES string of the molecule is COc1ccc(C2=NN(c3ccc(-c4ccccc4)nn3)C(c3ccc(F)cc3)C2)cc1. The molecule has 0 saturated heterocycles. The molecule has 6 heteroatoms. The van der Waals surface area contributed by atoms with Crippen LogP contribution in [0.15, 0.2) is 96.1 Å². The highest BCUT2D eigenvalue weighted by atomic mass is 19.1. The largest absolute Gasteiger partial charge is 0.497 e. The summed E-state index contributed by atoms with van der Waals surface area (Å²) in [6, 6.07) is 28.0. The highest BCUT2D eigenvalue weighted by Gasteiger charge is 2.31. The lowest BCUT2D eigenvalue weighted by Gasteiger charge is -2.22. The maximum Gasteiger partial charge on any atom is 0.172 e. The summed E-state index contributed by atoms with van der Waals surface area (Å²) in [5.41, 5.74) is 4.70. The van der Waals surface area contributed by atoms with Crippen molar-refractivity contribution >= 4 is 11.5 Å². The van der Waals surface area contributed by atoms with Gasteiger partial charge in [0.05, 0.1) is 24.6 Å². The van der Waals surface area contributed by atoms with Gasteiger partial charge in [0.1, 0.15) is 11.6 Å². The third-order valence-corrected chi connectivity index (χ3v) is 5.54. The average molecular weight is 424 g/mol. The number of aromatic nitrogens is 2. The minimum absolute atomic E-state index is 0.107. The topological polar surface area (TPSA) is 50.6 Å². The number of nitrogens with zero attached hydrogens (tertiary/aromatic N) is 4. The number of methoxy groups -OCH3 is 1. The Morgan fingerprint density at radius 3 is 2.22 bits per heavy atom. The van der Waals surface area contributed by atoms with Crippen molar-refractivity contribution in [1.29, 1.82) is 0 Å². The lowest BCUT2D eigenvalue weighted by Crippen LogP contribution is -2.20. The Kier molecular flexibility index (Phi) is 5.34. The van der Waals surface area contributed by atoms with Crippen LogP contribution in [0.3, 0.4) is 0 Å². The number of anilines is 1. The molecule has 1 aromatic heterocycles. The maximum atomic E-state index is 13.5. The first kappa shape index (κ1) is 19.9. The summed E-state index contributed by atoms with van der Waals surface area (Å²) in [5, 5.41) is 15.6. The van der Waals surface area contributed by atoms with Gasteiger partial charge < -0.3 is 4.74 Å². The second-order valence-electron chi connectivity index (χ2n) is 7.53. The fourth-order valence-electron chi connectivity index (χ4n) is 3.83. The van der Waals surface area contributed by atoms with E-state index in [9.17, 15) is 4.39 Å². The zero-order valence-electron chi connectivity index (χ0n) is 17.5. The predicted molar refractivity (Wildman–Crippen MR) is 123 cm³/mol. The van der Waals surface area contributed by atoms with Crippen molar-refractivity contribution in [2.45, 2.75) is 12.5 Å². The van der Waals surface area contributed by atoms with Gasteiger partial charge >= 0.3 is 0 Å². The van der Waals surface area contributed by atoms with Gasteiger partial charge in [0, 0.05) is 12.0 Å². The Balaban J connectivity index is 1.50. The monoisotopic (exact) mass is 424 g/mol. The normalized spacial score (nSPS) is 15.5. The van der Waals surface area contributed by atoms with Crippen LogP contribution < -0.4 is 9.75 Å². The number of ether oxygens (including phenoxy) is 1. The van der Waals surface area contributed by atoms with Crippen LogP contribution in [0.25, 0.3) is 11.3 Å². The molecule has 1 aliphatic rings. The third kappa shape index (κ3) is 3.95. The van der Waals surface area contributed by atoms with E-state index >= 15 is 0 Å². The van der Waals surface area contributed by atoms with Crippen molar-refractivity contribution in [3.63, 3.8) is 0 Å². The lowest BCUT2D eigenvalue weighted by atomic mass is 9.98. The molecule has 0 N–H and O–H groups in total. The molecule has 0 fully saturated rings. The van der Waals surface area contributed by atoms with Gasteiger partial charge in [-0.05, 0) is 59.7 Å². The second kappa shape index (κ2) is 8.59. The molecular weight excluding hydrogens is 403 g/mol. The number of hydrogen-bond donors (Lipinski definition) is 0. The Hall–Kier alpha value is -4.06. The van der Waals surface area contributed by atoms with E-state index in [2.05, 4.69) is 10.2 Å². The van der Waals surface area contributed by atoms with Gasteiger partial charge in [-0.25, -0.2) is 9.40 Å². The van der Waals surface area contributed by atoms with Gasteiger partial charge in [0.25, 0.3) is 0 Å². The highest BCUT2D eigenvalue weighted by molar-refractivity contribution is 6.03. The van der Waals surface area contributed by atoms with E-state index in [0.717, 1.165) is 33.8 Å². The molecule has 0 bridgehead atoms. The van der Waals surface area contributed by atoms with Crippen LogP contribution in [0, 0.1) is 5.82 Å². The Morgan fingerprint density at radius 2 is 1.56 bits per heavy atom. The Morgan fingerprint density at radius 1 is 0.812 bits per heavy atom. The summed E-state index contributed by atoms with van der Waals surface area (Å²) in [7, 11) is 1.65. The molecule has 0 spiro atoms. The standard InChI is InChI=1S/C26H21FN4O/c1-32-22-13-9-19(10-14-22)24-17-25(20-7-11-21(27)12-8-20)31(30-24)26-16-15-23(28-29-26)18-5-3-2-4-6-18/h2-16,25H,17H2,1H3. The molecule has 1 atom stereocenters. The van der Waals surface area contributed by atoms with Crippen molar-refractivity contribution < 1.29 is 9.13 Å². The number of hydrazone groups is 1. The van der Waals surface area contributed by atoms with Gasteiger partial charge in [-0.2, -0.15) is 5.10 Å². The molecule has 0 amide bonds. The zero-order valence-corrected chi connectivity index (χ0v) is 17.5. The van der Waals surface area contributed by atoms with Crippen LogP contribution in [0.5, 0.6) is 5.75 Å². The van der Waals surface area contributed by atoms with E-state index in [1.54, 1.807) is 19.2 Å².